The lowest BCUT2D eigenvalue weighted by Gasteiger charge is -2.15. The lowest BCUT2D eigenvalue weighted by Crippen LogP contribution is -2.27. The van der Waals surface area contributed by atoms with Crippen LogP contribution >= 0.6 is 0 Å². The van der Waals surface area contributed by atoms with Crippen LogP contribution in [0.4, 0.5) is 4.39 Å². The molecule has 0 radical (unpaired) electrons. The van der Waals surface area contributed by atoms with Gasteiger partial charge in [-0.1, -0.05) is 13.0 Å². The molecule has 7 heteroatoms. The van der Waals surface area contributed by atoms with E-state index in [0.29, 0.717) is 17.8 Å². The molecule has 1 N–H and O–H groups in total. The number of amides is 1. The lowest BCUT2D eigenvalue weighted by molar-refractivity contribution is 0.0773. The summed E-state index contributed by atoms with van der Waals surface area (Å²) in [5, 5.41) is 6.57. The SMILES string of the molecule is CCc1nc(C(=O)N(C)Cc2ccc(OC)c(F)c2)n[nH]1. The minimum Gasteiger partial charge on any atom is -0.494 e. The maximum absolute atomic E-state index is 13.6. The zero-order valence-electron chi connectivity index (χ0n) is 12.2. The second-order valence-electron chi connectivity index (χ2n) is 4.59. The monoisotopic (exact) mass is 292 g/mol. The van der Waals surface area contributed by atoms with E-state index in [1.165, 1.54) is 24.1 Å². The van der Waals surface area contributed by atoms with E-state index in [1.54, 1.807) is 13.1 Å². The number of halogens is 1. The first kappa shape index (κ1) is 15.0. The van der Waals surface area contributed by atoms with Crippen molar-refractivity contribution in [3.63, 3.8) is 0 Å². The highest BCUT2D eigenvalue weighted by Gasteiger charge is 2.17. The summed E-state index contributed by atoms with van der Waals surface area (Å²) in [6.45, 7) is 2.17. The highest BCUT2D eigenvalue weighted by Crippen LogP contribution is 2.18. The molecule has 1 aromatic heterocycles. The zero-order chi connectivity index (χ0) is 15.4. The van der Waals surface area contributed by atoms with Crippen LogP contribution in [-0.2, 0) is 13.0 Å². The lowest BCUT2D eigenvalue weighted by atomic mass is 10.2. The summed E-state index contributed by atoms with van der Waals surface area (Å²) in [7, 11) is 3.02. The number of H-pyrrole nitrogens is 1. The van der Waals surface area contributed by atoms with Gasteiger partial charge in [-0.25, -0.2) is 9.37 Å². The van der Waals surface area contributed by atoms with E-state index in [-0.39, 0.29) is 24.0 Å². The predicted octanol–water partition coefficient (Wildman–Crippen LogP) is 1.79. The fourth-order valence-corrected chi connectivity index (χ4v) is 1.87. The van der Waals surface area contributed by atoms with Crippen LogP contribution < -0.4 is 4.74 Å². The number of aromatic amines is 1. The third-order valence-electron chi connectivity index (χ3n) is 3.04. The van der Waals surface area contributed by atoms with Gasteiger partial charge < -0.3 is 9.64 Å². The number of benzene rings is 1. The highest BCUT2D eigenvalue weighted by molar-refractivity contribution is 5.90. The number of nitrogens with zero attached hydrogens (tertiary/aromatic N) is 3. The fraction of sp³-hybridized carbons (Fsp3) is 0.357. The molecule has 0 aliphatic carbocycles. The number of hydrogen-bond acceptors (Lipinski definition) is 4. The summed E-state index contributed by atoms with van der Waals surface area (Å²) in [6, 6.07) is 4.59. The molecule has 1 aromatic carbocycles. The van der Waals surface area contributed by atoms with Gasteiger partial charge in [0, 0.05) is 20.0 Å². The smallest absolute Gasteiger partial charge is 0.293 e. The number of hydrogen-bond donors (Lipinski definition) is 1. The predicted molar refractivity (Wildman–Crippen MR) is 74.5 cm³/mol. The van der Waals surface area contributed by atoms with E-state index >= 15 is 0 Å². The number of carbonyl (C=O) groups excluding carboxylic acids is 1. The second-order valence-corrected chi connectivity index (χ2v) is 4.59. The molecule has 6 nitrogen and oxygen atoms in total. The van der Waals surface area contributed by atoms with Crippen LogP contribution in [0, 0.1) is 5.82 Å². The van der Waals surface area contributed by atoms with Crippen LogP contribution in [0.1, 0.15) is 28.9 Å². The van der Waals surface area contributed by atoms with Crippen molar-refractivity contribution >= 4 is 5.91 Å². The molecule has 0 unspecified atom stereocenters. The molecule has 0 aliphatic rings. The van der Waals surface area contributed by atoms with Gasteiger partial charge in [0.25, 0.3) is 5.91 Å². The maximum Gasteiger partial charge on any atom is 0.293 e. The Morgan fingerprint density at radius 3 is 2.81 bits per heavy atom. The van der Waals surface area contributed by atoms with Gasteiger partial charge in [-0.3, -0.25) is 9.89 Å². The number of aryl methyl sites for hydroxylation is 1. The Balaban J connectivity index is 2.08. The van der Waals surface area contributed by atoms with Crippen molar-refractivity contribution in [2.45, 2.75) is 19.9 Å². The molecule has 1 amide bonds. The highest BCUT2D eigenvalue weighted by atomic mass is 19.1. The molecule has 2 rings (SSSR count). The van der Waals surface area contributed by atoms with Gasteiger partial charge in [0.15, 0.2) is 11.6 Å². The summed E-state index contributed by atoms with van der Waals surface area (Å²) in [5.74, 6) is 0.170. The summed E-state index contributed by atoms with van der Waals surface area (Å²) in [6.07, 6.45) is 0.674. The van der Waals surface area contributed by atoms with Crippen LogP contribution in [0.3, 0.4) is 0 Å². The topological polar surface area (TPSA) is 71.1 Å². The van der Waals surface area contributed by atoms with E-state index in [9.17, 15) is 9.18 Å². The molecule has 112 valence electrons. The molecule has 0 spiro atoms. The van der Waals surface area contributed by atoms with Crippen molar-refractivity contribution in [2.75, 3.05) is 14.2 Å². The number of aromatic nitrogens is 3. The summed E-state index contributed by atoms with van der Waals surface area (Å²) >= 11 is 0. The van der Waals surface area contributed by atoms with Gasteiger partial charge in [-0.15, -0.1) is 5.10 Å². The first-order chi connectivity index (χ1) is 10.0. The van der Waals surface area contributed by atoms with Crippen LogP contribution in [0.2, 0.25) is 0 Å². The number of nitrogens with one attached hydrogen (secondary N) is 1. The van der Waals surface area contributed by atoms with Crippen LogP contribution in [0.15, 0.2) is 18.2 Å². The third-order valence-corrected chi connectivity index (χ3v) is 3.04. The number of ether oxygens (including phenoxy) is 1. The molecule has 21 heavy (non-hydrogen) atoms. The van der Waals surface area contributed by atoms with E-state index < -0.39 is 5.82 Å². The molecule has 0 saturated carbocycles. The third kappa shape index (κ3) is 3.36. The van der Waals surface area contributed by atoms with Crippen molar-refractivity contribution in [1.82, 2.24) is 20.1 Å². The Bertz CT molecular complexity index is 642. The fourth-order valence-electron chi connectivity index (χ4n) is 1.87. The Kier molecular flexibility index (Phi) is 4.52. The minimum absolute atomic E-state index is 0.114. The molecule has 0 aliphatic heterocycles. The van der Waals surface area contributed by atoms with Gasteiger partial charge in [0.1, 0.15) is 5.82 Å². The minimum atomic E-state index is -0.456. The van der Waals surface area contributed by atoms with Crippen molar-refractivity contribution in [3.05, 3.63) is 41.2 Å². The zero-order valence-corrected chi connectivity index (χ0v) is 12.2. The van der Waals surface area contributed by atoms with Crippen molar-refractivity contribution in [1.29, 1.82) is 0 Å². The second kappa shape index (κ2) is 6.34. The van der Waals surface area contributed by atoms with Gasteiger partial charge in [0.2, 0.25) is 5.82 Å². The molecular formula is C14H17FN4O2. The normalized spacial score (nSPS) is 10.5. The standard InChI is InChI=1S/C14H17FN4O2/c1-4-12-16-13(18-17-12)14(20)19(2)8-9-5-6-11(21-3)10(15)7-9/h5-7H,4,8H2,1-3H3,(H,16,17,18). The summed E-state index contributed by atoms with van der Waals surface area (Å²) in [4.78, 5) is 17.7. The Hall–Kier alpha value is -2.44. The Morgan fingerprint density at radius 1 is 1.48 bits per heavy atom. The van der Waals surface area contributed by atoms with Crippen molar-refractivity contribution in [2.24, 2.45) is 0 Å². The van der Waals surface area contributed by atoms with Crippen LogP contribution in [0.25, 0.3) is 0 Å². The average molecular weight is 292 g/mol. The summed E-state index contributed by atoms with van der Waals surface area (Å²) in [5.41, 5.74) is 0.662. The Labute approximate surface area is 121 Å². The molecule has 2 aromatic rings. The van der Waals surface area contributed by atoms with Gasteiger partial charge >= 0.3 is 0 Å². The average Bonchev–Trinajstić information content (AvgIpc) is 2.95. The summed E-state index contributed by atoms with van der Waals surface area (Å²) < 4.78 is 18.5. The van der Waals surface area contributed by atoms with E-state index in [1.807, 2.05) is 6.92 Å². The van der Waals surface area contributed by atoms with E-state index in [0.717, 1.165) is 0 Å². The molecule has 1 heterocycles. The van der Waals surface area contributed by atoms with Gasteiger partial charge in [0.05, 0.1) is 7.11 Å². The molecule has 0 saturated heterocycles. The quantitative estimate of drug-likeness (QED) is 0.912. The molecule has 0 atom stereocenters. The van der Waals surface area contributed by atoms with Crippen LogP contribution in [-0.4, -0.2) is 40.1 Å². The first-order valence-electron chi connectivity index (χ1n) is 6.54. The molecular weight excluding hydrogens is 275 g/mol. The van der Waals surface area contributed by atoms with Crippen LogP contribution in [0.5, 0.6) is 5.75 Å². The maximum atomic E-state index is 13.6. The van der Waals surface area contributed by atoms with Gasteiger partial charge in [-0.05, 0) is 17.7 Å². The first-order valence-corrected chi connectivity index (χ1v) is 6.54. The number of carbonyl (C=O) groups is 1. The Morgan fingerprint density at radius 2 is 2.24 bits per heavy atom. The van der Waals surface area contributed by atoms with E-state index in [2.05, 4.69) is 15.2 Å². The van der Waals surface area contributed by atoms with Crippen molar-refractivity contribution in [3.8, 4) is 5.75 Å². The molecule has 0 bridgehead atoms. The van der Waals surface area contributed by atoms with Gasteiger partial charge in [-0.2, -0.15) is 0 Å². The molecule has 0 fully saturated rings. The van der Waals surface area contributed by atoms with Crippen molar-refractivity contribution < 1.29 is 13.9 Å². The number of methoxy groups -OCH3 is 1. The largest absolute Gasteiger partial charge is 0.494 e. The number of rotatable bonds is 5. The van der Waals surface area contributed by atoms with E-state index in [4.69, 9.17) is 4.74 Å².